The molecule has 0 saturated carbocycles. The molecule has 0 spiro atoms. The van der Waals surface area contributed by atoms with Gasteiger partial charge in [-0.25, -0.2) is 4.98 Å². The Morgan fingerprint density at radius 1 is 0.347 bits per heavy atom. The Balaban J connectivity index is -0.000000769. The summed E-state index contributed by atoms with van der Waals surface area (Å²) in [5, 5.41) is 75.0. The molecular weight excluding hydrogens is 1880 g/mol. The molecule has 0 aliphatic carbocycles. The van der Waals surface area contributed by atoms with E-state index in [1.807, 2.05) is 96.9 Å². The predicted molar refractivity (Wildman–Crippen MR) is 595 cm³/mol. The third kappa shape index (κ3) is 97.2. The Labute approximate surface area is 898 Å². The third-order valence-electron chi connectivity index (χ3n) is 24.2. The summed E-state index contributed by atoms with van der Waals surface area (Å²) in [6, 6.07) is 0.694. The first kappa shape index (κ1) is 150. The van der Waals surface area contributed by atoms with E-state index in [0.717, 1.165) is 208 Å². The molecule has 1 aromatic rings. The summed E-state index contributed by atoms with van der Waals surface area (Å²) < 4.78 is 76.5. The van der Waals surface area contributed by atoms with Gasteiger partial charge in [0.2, 0.25) is 0 Å². The largest absolute Gasteiger partial charge is 0.463 e. The van der Waals surface area contributed by atoms with Crippen LogP contribution in [0, 0.1) is 17.8 Å². The predicted octanol–water partition coefficient (Wildman–Crippen LogP) is 13.2. The van der Waals surface area contributed by atoms with Crippen molar-refractivity contribution < 1.29 is 117 Å². The monoisotopic (exact) mass is 2120 g/mol. The molecule has 0 radical (unpaired) electrons. The summed E-state index contributed by atoms with van der Waals surface area (Å²) in [6.45, 7) is 99.7. The average molecular weight is 2120 g/mol. The standard InChI is InChI=1S/C14H29NO2.C13H27NO2.C12H26N2O.C12H25NO.C11H21NO3.2C11H23NO2.C9H15N3O2.3C6H14O3.CH4/c1-12(2)17-11-5-8-15-9-6-13(7-10-15)14(3,4)16;1-11(2)16-10-9-14-7-5-12(6-8-14)13(3,4)15;1-11(2)14-7-5-13(6-8-14)9-10-15-12(3)4;1-11(2)14-10-4-7-13-8-5-12(3)6-9-13;1-10(2)15-11(13)4-3-5-12-6-8-14-9-7-12;2*1-9(2)13-6-5-12-7-10(3)14-11(4)8-12;1-8(2)14-9(13)4-3-5-12-7-10-6-11-12;3*1-5(2)9-4-6(8)3-7;/h12-13,16H,5-11H2,1-4H3;11-12,15H,5-10H2,1-4H3;11-12H,5-10H2,1-4H3;11-12H,4-10H2,1-3H3;10H,3-9H2,1-2H3;2*9-11H,5-8H2,1-4H3;6-8H,3-5H2,1-2H3;3*5-8H,3-4H2,1-2H3;1H4/t;;;;;10-,11+;;;2*6-;;/m........10../s1. The number of esters is 2. The van der Waals surface area contributed by atoms with Crippen LogP contribution in [0.2, 0.25) is 0 Å². The van der Waals surface area contributed by atoms with Gasteiger partial charge in [0.25, 0.3) is 0 Å². The third-order valence-corrected chi connectivity index (χ3v) is 24.2. The molecule has 35 nitrogen and oxygen atoms in total. The van der Waals surface area contributed by atoms with Gasteiger partial charge >= 0.3 is 11.9 Å². The molecule has 8 heterocycles. The van der Waals surface area contributed by atoms with Crippen molar-refractivity contribution in [3.8, 4) is 0 Å². The minimum absolute atomic E-state index is 0. The lowest BCUT2D eigenvalue weighted by molar-refractivity contribution is -0.148. The summed E-state index contributed by atoms with van der Waals surface area (Å²) in [6.07, 6.45) is 16.8. The zero-order chi connectivity index (χ0) is 111. The zero-order valence-corrected chi connectivity index (χ0v) is 99.2. The van der Waals surface area contributed by atoms with Crippen molar-refractivity contribution in [2.24, 2.45) is 17.8 Å². The van der Waals surface area contributed by atoms with Crippen molar-refractivity contribution in [3.63, 3.8) is 0 Å². The van der Waals surface area contributed by atoms with Gasteiger partial charge in [-0.1, -0.05) is 14.4 Å². The minimum atomic E-state index is -0.729. The highest BCUT2D eigenvalue weighted by atomic mass is 16.6. The summed E-state index contributed by atoms with van der Waals surface area (Å²) in [5.74, 6) is 1.62. The Morgan fingerprint density at radius 3 is 0.898 bits per heavy atom. The molecule has 8 rings (SSSR count). The average Bonchev–Trinajstić information content (AvgIpc) is 1.63. The number of aliphatic hydroxyl groups is 8. The molecule has 7 saturated heterocycles. The van der Waals surface area contributed by atoms with Crippen LogP contribution in [0.5, 0.6) is 0 Å². The molecular formula is C112H235N11O24. The maximum atomic E-state index is 11.2. The number of hydrogen-bond donors (Lipinski definition) is 8. The second-order valence-electron chi connectivity index (χ2n) is 44.3. The molecule has 7 atom stereocenters. The van der Waals surface area contributed by atoms with E-state index in [9.17, 15) is 19.8 Å². The van der Waals surface area contributed by atoms with Crippen LogP contribution in [0.3, 0.4) is 0 Å². The number of piperazine rings is 1. The molecule has 7 aliphatic heterocycles. The van der Waals surface area contributed by atoms with Crippen LogP contribution < -0.4 is 0 Å². The normalized spacial score (nSPS) is 19.8. The molecule has 7 fully saturated rings. The van der Waals surface area contributed by atoms with Crippen LogP contribution in [-0.4, -0.2) is 477 Å². The van der Waals surface area contributed by atoms with Crippen LogP contribution in [0.1, 0.15) is 313 Å². The first-order valence-corrected chi connectivity index (χ1v) is 56.3. The van der Waals surface area contributed by atoms with E-state index < -0.39 is 29.5 Å². The van der Waals surface area contributed by atoms with E-state index in [-0.39, 0.29) is 89.5 Å². The van der Waals surface area contributed by atoms with Gasteiger partial charge in [-0.2, -0.15) is 5.10 Å². The van der Waals surface area contributed by atoms with Gasteiger partial charge in [0, 0.05) is 143 Å². The lowest BCUT2D eigenvalue weighted by atomic mass is 9.83. The van der Waals surface area contributed by atoms with Crippen molar-refractivity contribution >= 4 is 11.9 Å². The zero-order valence-electron chi connectivity index (χ0n) is 99.2. The summed E-state index contributed by atoms with van der Waals surface area (Å²) in [5.41, 5.74) is -1.02. The summed E-state index contributed by atoms with van der Waals surface area (Å²) >= 11 is 0. The lowest BCUT2D eigenvalue weighted by Gasteiger charge is -2.37. The van der Waals surface area contributed by atoms with Crippen LogP contribution in [-0.2, 0) is 82.4 Å². The van der Waals surface area contributed by atoms with Gasteiger partial charge in [-0.3, -0.25) is 38.8 Å². The number of aromatic nitrogens is 3. The van der Waals surface area contributed by atoms with Gasteiger partial charge < -0.3 is 122 Å². The Morgan fingerprint density at radius 2 is 0.619 bits per heavy atom. The number of carbonyl (C=O) groups excluding carboxylic acids is 2. The number of carbonyl (C=O) groups is 2. The SMILES string of the molecule is C.CC(C)OC(=O)CCCN1CCOCC1.CC(C)OC(=O)CCCn1cncn1.CC(C)OCC(O)CO.CC(C)OCCCN1CCC(C(C)(C)O)CC1.CC(C)OCCN1CC(C)OC(C)C1.CC(C)OCCN1CCC(C(C)(C)O)CC1.CC(C)OCCN1CCN(C(C)C)CC1.CC(C)OCCN1C[C@@H](C)O[C@@H](C)C1.CC(C)OC[C@@H](O)CO.CC(C)OC[C@H](O)CO.CC1CCN(CCCOC(C)C)CC1. The van der Waals surface area contributed by atoms with Crippen molar-refractivity contribution in [1.29, 1.82) is 0 Å². The number of morpholine rings is 3. The van der Waals surface area contributed by atoms with Gasteiger partial charge in [0.05, 0.1) is 182 Å². The molecule has 882 valence electrons. The highest BCUT2D eigenvalue weighted by molar-refractivity contribution is 5.69. The van der Waals surface area contributed by atoms with E-state index >= 15 is 0 Å². The van der Waals surface area contributed by atoms with Crippen LogP contribution in [0.15, 0.2) is 12.7 Å². The molecule has 147 heavy (non-hydrogen) atoms. The Kier molecular flexibility index (Phi) is 95.1. The fraction of sp³-hybridized carbons (Fsp3) is 0.964. The quantitative estimate of drug-likeness (QED) is 0.0222. The van der Waals surface area contributed by atoms with Crippen molar-refractivity contribution in [2.45, 2.75) is 447 Å². The molecule has 7 aliphatic rings. The van der Waals surface area contributed by atoms with Crippen LogP contribution in [0.25, 0.3) is 0 Å². The van der Waals surface area contributed by atoms with Gasteiger partial charge in [0.15, 0.2) is 0 Å². The maximum Gasteiger partial charge on any atom is 0.306 e. The fourth-order valence-corrected chi connectivity index (χ4v) is 16.1. The van der Waals surface area contributed by atoms with Crippen molar-refractivity contribution in [3.05, 3.63) is 12.7 Å². The number of nitrogens with zero attached hydrogens (tertiary/aromatic N) is 11. The number of ether oxygens (including phenoxy) is 14. The molecule has 8 N–H and O–H groups in total. The smallest absolute Gasteiger partial charge is 0.306 e. The Bertz CT molecular complexity index is 2880. The molecule has 35 heteroatoms. The second kappa shape index (κ2) is 93.1. The summed E-state index contributed by atoms with van der Waals surface area (Å²) in [4.78, 5) is 45.9. The maximum absolute atomic E-state index is 11.2. The number of piperidine rings is 3. The molecule has 0 aromatic carbocycles. The first-order chi connectivity index (χ1) is 68.6. The molecule has 0 amide bonds. The van der Waals surface area contributed by atoms with Crippen molar-refractivity contribution in [1.82, 2.24) is 54.0 Å². The highest BCUT2D eigenvalue weighted by Crippen LogP contribution is 2.29. The fourth-order valence-electron chi connectivity index (χ4n) is 16.1. The number of likely N-dealkylation sites (tertiary alicyclic amines) is 3. The number of rotatable bonds is 51. The van der Waals surface area contributed by atoms with E-state index in [2.05, 4.69) is 181 Å². The first-order valence-electron chi connectivity index (χ1n) is 56.3. The van der Waals surface area contributed by atoms with E-state index in [1.165, 1.54) is 71.4 Å². The van der Waals surface area contributed by atoms with Crippen LogP contribution in [0.4, 0.5) is 0 Å². The van der Waals surface area contributed by atoms with Crippen molar-refractivity contribution in [2.75, 3.05) is 243 Å². The topological polar surface area (TPSA) is 382 Å². The molecule has 3 unspecified atom stereocenters. The summed E-state index contributed by atoms with van der Waals surface area (Å²) in [7, 11) is 0. The van der Waals surface area contributed by atoms with E-state index in [4.69, 9.17) is 97.0 Å². The van der Waals surface area contributed by atoms with Gasteiger partial charge in [-0.15, -0.1) is 0 Å². The Hall–Kier alpha value is -3.04. The lowest BCUT2D eigenvalue weighted by Crippen LogP contribution is -2.49. The second-order valence-corrected chi connectivity index (χ2v) is 44.3. The minimum Gasteiger partial charge on any atom is -0.463 e. The number of aryl methyl sites for hydroxylation is 1. The number of aliphatic hydroxyl groups excluding tert-OH is 6. The number of hydrogen-bond acceptors (Lipinski definition) is 34. The highest BCUT2D eigenvalue weighted by Gasteiger charge is 2.33. The van der Waals surface area contributed by atoms with Gasteiger partial charge in [-0.05, 0) is 349 Å². The van der Waals surface area contributed by atoms with E-state index in [1.54, 1.807) is 11.0 Å². The molecule has 0 bridgehead atoms. The van der Waals surface area contributed by atoms with E-state index in [0.29, 0.717) is 98.3 Å². The van der Waals surface area contributed by atoms with Crippen LogP contribution >= 0.6 is 0 Å². The van der Waals surface area contributed by atoms with Gasteiger partial charge in [0.1, 0.15) is 31.0 Å². The molecule has 1 aromatic heterocycles.